The molecule has 0 aliphatic carbocycles. The number of carbonyl (C=O) groups is 10. The summed E-state index contributed by atoms with van der Waals surface area (Å²) in [7, 11) is 0. The second-order valence-electron chi connectivity index (χ2n) is 16.4. The highest BCUT2D eigenvalue weighted by atomic mass is 16.8. The summed E-state index contributed by atoms with van der Waals surface area (Å²) in [6, 6.07) is 0. The Morgan fingerprint density at radius 2 is 0.543 bits per heavy atom. The van der Waals surface area contributed by atoms with Gasteiger partial charge in [-0.1, -0.05) is 55.4 Å². The zero-order valence-corrected chi connectivity index (χ0v) is 41.6. The average Bonchev–Trinajstić information content (AvgIpc) is 3.29. The Labute approximate surface area is 408 Å². The van der Waals surface area contributed by atoms with Crippen molar-refractivity contribution in [2.24, 2.45) is 0 Å². The summed E-state index contributed by atoms with van der Waals surface area (Å²) in [5.74, 6) is -8.72. The molecule has 2 aliphatic heterocycles. The molecule has 0 aromatic rings. The zero-order chi connectivity index (χ0) is 52.2. The average molecular weight is 1000 g/mol. The Morgan fingerprint density at radius 1 is 0.314 bits per heavy atom. The van der Waals surface area contributed by atoms with Crippen LogP contribution in [-0.4, -0.2) is 134 Å². The molecule has 2 saturated heterocycles. The Bertz CT molecular complexity index is 1640. The van der Waals surface area contributed by atoms with Crippen LogP contribution in [0, 0.1) is 0 Å². The summed E-state index contributed by atoms with van der Waals surface area (Å²) in [5, 5.41) is 0. The molecule has 0 saturated carbocycles. The highest BCUT2D eigenvalue weighted by molar-refractivity contribution is 5.91. The van der Waals surface area contributed by atoms with E-state index in [9.17, 15) is 47.9 Å². The van der Waals surface area contributed by atoms with Crippen LogP contribution in [0.25, 0.3) is 0 Å². The quantitative estimate of drug-likeness (QED) is 0.0518. The van der Waals surface area contributed by atoms with E-state index in [1.165, 1.54) is 0 Å². The third-order valence-corrected chi connectivity index (χ3v) is 10.1. The summed E-state index contributed by atoms with van der Waals surface area (Å²) in [6.45, 7) is 12.5. The van der Waals surface area contributed by atoms with Crippen LogP contribution in [-0.2, 0) is 105 Å². The molecule has 0 unspecified atom stereocenters. The normalized spacial score (nSPS) is 24.0. The molecule has 396 valence electrons. The van der Waals surface area contributed by atoms with Crippen molar-refractivity contribution in [2.75, 3.05) is 13.2 Å². The minimum Gasteiger partial charge on any atom is -0.463 e. The SMILES string of the molecule is CCCC(=O)OC[C@H]1O[C@@H](OC(=O)/C=C/C(=O)O[C@@H]2O[C@H](COC(=O)CCC)[C@H](OC(=O)CCC)[C@H](OC(=O)CCC)[C@H]2OC(=O)CCC)[C@H](OC(=O)CCC)[C@@H](OC(=O)CCC)[C@H]1OC(=O)CCC. The number of rotatable bonds is 30. The molecule has 10 atom stereocenters. The fourth-order valence-corrected chi connectivity index (χ4v) is 6.85. The van der Waals surface area contributed by atoms with Crippen LogP contribution in [0.15, 0.2) is 12.2 Å². The number of esters is 10. The van der Waals surface area contributed by atoms with Crippen molar-refractivity contribution in [3.8, 4) is 0 Å². The first-order valence-corrected chi connectivity index (χ1v) is 24.4. The summed E-state index contributed by atoms with van der Waals surface area (Å²) in [4.78, 5) is 130. The third-order valence-electron chi connectivity index (χ3n) is 10.1. The number of hydrogen-bond donors (Lipinski definition) is 0. The maximum absolute atomic E-state index is 13.6. The largest absolute Gasteiger partial charge is 0.463 e. The van der Waals surface area contributed by atoms with Gasteiger partial charge in [-0.2, -0.15) is 0 Å². The lowest BCUT2D eigenvalue weighted by Crippen LogP contribution is -2.63. The fraction of sp³-hybridized carbons (Fsp3) is 0.750. The van der Waals surface area contributed by atoms with Crippen molar-refractivity contribution in [2.45, 2.75) is 220 Å². The number of ether oxygens (including phenoxy) is 12. The highest BCUT2D eigenvalue weighted by Crippen LogP contribution is 2.33. The lowest BCUT2D eigenvalue weighted by molar-refractivity contribution is -0.300. The van der Waals surface area contributed by atoms with E-state index >= 15 is 0 Å². The van der Waals surface area contributed by atoms with Gasteiger partial charge in [-0.3, -0.25) is 38.4 Å². The topological polar surface area (TPSA) is 281 Å². The van der Waals surface area contributed by atoms with Crippen molar-refractivity contribution in [1.82, 2.24) is 0 Å². The third kappa shape index (κ3) is 21.2. The van der Waals surface area contributed by atoms with Gasteiger partial charge in [-0.05, 0) is 51.4 Å². The minimum atomic E-state index is -1.93. The second-order valence-corrected chi connectivity index (χ2v) is 16.4. The van der Waals surface area contributed by atoms with E-state index in [-0.39, 0.29) is 51.4 Å². The lowest BCUT2D eigenvalue weighted by atomic mass is 9.97. The Balaban J connectivity index is 2.63. The first kappa shape index (κ1) is 60.5. The van der Waals surface area contributed by atoms with Gasteiger partial charge in [0.1, 0.15) is 25.4 Å². The van der Waals surface area contributed by atoms with E-state index in [4.69, 9.17) is 56.8 Å². The van der Waals surface area contributed by atoms with Gasteiger partial charge in [-0.15, -0.1) is 0 Å². The molecule has 2 aliphatic rings. The van der Waals surface area contributed by atoms with Gasteiger partial charge in [0.25, 0.3) is 0 Å². The van der Waals surface area contributed by atoms with Gasteiger partial charge in [-0.25, -0.2) is 9.59 Å². The van der Waals surface area contributed by atoms with E-state index in [2.05, 4.69) is 0 Å². The Kier molecular flexibility index (Phi) is 28.5. The number of hydrogen-bond acceptors (Lipinski definition) is 22. The maximum Gasteiger partial charge on any atom is 0.333 e. The molecule has 0 bridgehead atoms. The summed E-state index contributed by atoms with van der Waals surface area (Å²) in [5.41, 5.74) is 0. The summed E-state index contributed by atoms with van der Waals surface area (Å²) in [6.07, 6.45) is -13.3. The zero-order valence-electron chi connectivity index (χ0n) is 41.6. The molecule has 0 radical (unpaired) electrons. The van der Waals surface area contributed by atoms with Crippen molar-refractivity contribution in [3.05, 3.63) is 12.2 Å². The molecule has 0 aromatic heterocycles. The van der Waals surface area contributed by atoms with Crippen LogP contribution in [0.1, 0.15) is 158 Å². The van der Waals surface area contributed by atoms with Gasteiger partial charge < -0.3 is 56.8 Å². The molecule has 2 rings (SSSR count). The number of carbonyl (C=O) groups excluding carboxylic acids is 10. The van der Waals surface area contributed by atoms with Crippen LogP contribution >= 0.6 is 0 Å². The van der Waals surface area contributed by atoms with Gasteiger partial charge in [0, 0.05) is 63.5 Å². The first-order valence-electron chi connectivity index (χ1n) is 24.4. The lowest BCUT2D eigenvalue weighted by Gasteiger charge is -2.44. The van der Waals surface area contributed by atoms with E-state index in [1.807, 2.05) is 0 Å². The molecular formula is C48H72O22. The fourth-order valence-electron chi connectivity index (χ4n) is 6.85. The summed E-state index contributed by atoms with van der Waals surface area (Å²) >= 11 is 0. The molecule has 0 amide bonds. The van der Waals surface area contributed by atoms with E-state index < -0.39 is 134 Å². The van der Waals surface area contributed by atoms with Crippen molar-refractivity contribution in [3.63, 3.8) is 0 Å². The minimum absolute atomic E-state index is 0.0109. The van der Waals surface area contributed by atoms with E-state index in [1.54, 1.807) is 55.4 Å². The smallest absolute Gasteiger partial charge is 0.333 e. The second kappa shape index (κ2) is 33.0. The van der Waals surface area contributed by atoms with Crippen molar-refractivity contribution in [1.29, 1.82) is 0 Å². The van der Waals surface area contributed by atoms with Crippen LogP contribution < -0.4 is 0 Å². The molecular weight excluding hydrogens is 929 g/mol. The van der Waals surface area contributed by atoms with Gasteiger partial charge >= 0.3 is 59.7 Å². The van der Waals surface area contributed by atoms with Crippen LogP contribution in [0.4, 0.5) is 0 Å². The monoisotopic (exact) mass is 1000 g/mol. The summed E-state index contributed by atoms with van der Waals surface area (Å²) < 4.78 is 68.2. The predicted octanol–water partition coefficient (Wildman–Crippen LogP) is 5.04. The molecule has 0 spiro atoms. The highest BCUT2D eigenvalue weighted by Gasteiger charge is 2.56. The molecule has 22 heteroatoms. The molecule has 0 N–H and O–H groups in total. The standard InChI is InChI=1S/C48H72O22/c1-9-17-31(49)59-27-29-41(63-33(51)19-11-3)43(65-35(53)21-13-5)45(67-37(55)23-15-7)47(61-29)69-39(57)25-26-40(58)70-48-46(68-38(56)24-16-8)44(66-36(54)22-14-6)42(64-34(52)20-12-4)30(62-48)28-60-32(50)18-10-2/h25-26,29-30,41-48H,9-24,27-28H2,1-8H3/b26-25+/t29-,30-,41+,42+,43+,44+,45-,46-,47+,48+/m1/s1. The van der Waals surface area contributed by atoms with Crippen molar-refractivity contribution >= 4 is 59.7 Å². The van der Waals surface area contributed by atoms with Gasteiger partial charge in [0.15, 0.2) is 24.4 Å². The molecule has 70 heavy (non-hydrogen) atoms. The van der Waals surface area contributed by atoms with Crippen LogP contribution in [0.2, 0.25) is 0 Å². The van der Waals surface area contributed by atoms with Crippen LogP contribution in [0.3, 0.4) is 0 Å². The first-order chi connectivity index (χ1) is 33.5. The molecule has 22 nitrogen and oxygen atoms in total. The predicted molar refractivity (Wildman–Crippen MR) is 239 cm³/mol. The molecule has 2 heterocycles. The van der Waals surface area contributed by atoms with Gasteiger partial charge in [0.2, 0.25) is 24.8 Å². The Hall–Kier alpha value is -5.64. The van der Waals surface area contributed by atoms with E-state index in [0.717, 1.165) is 0 Å². The maximum atomic E-state index is 13.6. The van der Waals surface area contributed by atoms with E-state index in [0.29, 0.717) is 63.5 Å². The Morgan fingerprint density at radius 3 is 0.800 bits per heavy atom. The molecule has 0 aromatic carbocycles. The van der Waals surface area contributed by atoms with Gasteiger partial charge in [0.05, 0.1) is 0 Å². The molecule has 2 fully saturated rings. The van der Waals surface area contributed by atoms with Crippen molar-refractivity contribution < 1.29 is 105 Å². The van der Waals surface area contributed by atoms with Crippen LogP contribution in [0.5, 0.6) is 0 Å².